The number of ether oxygens (including phenoxy) is 1. The average Bonchev–Trinajstić information content (AvgIpc) is 2.41. The number of carboxylic acid groups (broad SMARTS) is 1. The lowest BCUT2D eigenvalue weighted by atomic mass is 9.87. The molecule has 0 saturated carbocycles. The number of hydrogen-bond acceptors (Lipinski definition) is 3. The third-order valence-corrected chi connectivity index (χ3v) is 3.91. The van der Waals surface area contributed by atoms with E-state index in [1.165, 1.54) is 4.90 Å². The van der Waals surface area contributed by atoms with E-state index in [4.69, 9.17) is 4.74 Å². The van der Waals surface area contributed by atoms with Gasteiger partial charge in [-0.15, -0.1) is 0 Å². The van der Waals surface area contributed by atoms with Crippen LogP contribution in [0, 0.1) is 5.92 Å². The Balaban J connectivity index is 2.54. The van der Waals surface area contributed by atoms with Crippen molar-refractivity contribution in [3.8, 4) is 0 Å². The predicted molar refractivity (Wildman–Crippen MR) is 81.6 cm³/mol. The summed E-state index contributed by atoms with van der Waals surface area (Å²) in [7, 11) is 0. The molecule has 0 aliphatic carbocycles. The Hall–Kier alpha value is -1.40. The Morgan fingerprint density at radius 2 is 1.96 bits per heavy atom. The summed E-state index contributed by atoms with van der Waals surface area (Å²) in [6, 6.07) is -0.904. The molecule has 2 atom stereocenters. The highest BCUT2D eigenvalue weighted by atomic mass is 19.3. The maximum Gasteiger partial charge on any atom is 0.411 e. The monoisotopic (exact) mass is 335 g/mol. The molecular weight excluding hydrogens is 308 g/mol. The van der Waals surface area contributed by atoms with Crippen molar-refractivity contribution in [2.75, 3.05) is 6.54 Å². The van der Waals surface area contributed by atoms with Crippen LogP contribution in [-0.2, 0) is 9.53 Å². The normalized spacial score (nSPS) is 22.3. The molecule has 134 valence electrons. The SMILES string of the molecule is CC(C)(C)OC(=O)N1CCC(CCCCC(F)F)CC1C(=O)O. The van der Waals surface area contributed by atoms with Crippen LogP contribution >= 0.6 is 0 Å². The number of nitrogens with zero attached hydrogens (tertiary/aromatic N) is 1. The first-order valence-corrected chi connectivity index (χ1v) is 8.10. The van der Waals surface area contributed by atoms with Gasteiger partial charge in [-0.3, -0.25) is 4.90 Å². The Labute approximate surface area is 136 Å². The third-order valence-electron chi connectivity index (χ3n) is 3.91. The van der Waals surface area contributed by atoms with Crippen molar-refractivity contribution < 1.29 is 28.2 Å². The summed E-state index contributed by atoms with van der Waals surface area (Å²) in [6.07, 6.45) is -0.148. The molecule has 1 saturated heterocycles. The quantitative estimate of drug-likeness (QED) is 0.747. The number of carbonyl (C=O) groups is 2. The molecule has 1 fully saturated rings. The number of carbonyl (C=O) groups excluding carboxylic acids is 1. The summed E-state index contributed by atoms with van der Waals surface area (Å²) in [6.45, 7) is 5.52. The summed E-state index contributed by atoms with van der Waals surface area (Å²) in [4.78, 5) is 24.8. The summed E-state index contributed by atoms with van der Waals surface area (Å²) < 4.78 is 29.5. The second-order valence-electron chi connectivity index (χ2n) is 7.09. The zero-order chi connectivity index (χ0) is 17.6. The van der Waals surface area contributed by atoms with E-state index in [-0.39, 0.29) is 12.3 Å². The van der Waals surface area contributed by atoms with Crippen LogP contribution in [0.1, 0.15) is 59.3 Å². The van der Waals surface area contributed by atoms with Gasteiger partial charge in [-0.2, -0.15) is 0 Å². The zero-order valence-corrected chi connectivity index (χ0v) is 14.1. The van der Waals surface area contributed by atoms with E-state index in [0.717, 1.165) is 6.42 Å². The Morgan fingerprint density at radius 3 is 2.48 bits per heavy atom. The number of unbranched alkanes of at least 4 members (excludes halogenated alkanes) is 1. The number of likely N-dealkylation sites (tertiary alicyclic amines) is 1. The van der Waals surface area contributed by atoms with Crippen LogP contribution in [0.4, 0.5) is 13.6 Å². The first kappa shape index (κ1) is 19.6. The van der Waals surface area contributed by atoms with Crippen molar-refractivity contribution in [2.45, 2.75) is 77.4 Å². The third kappa shape index (κ3) is 7.14. The van der Waals surface area contributed by atoms with Crippen LogP contribution in [0.3, 0.4) is 0 Å². The Morgan fingerprint density at radius 1 is 1.30 bits per heavy atom. The zero-order valence-electron chi connectivity index (χ0n) is 14.1. The molecule has 0 aromatic heterocycles. The van der Waals surface area contributed by atoms with Gasteiger partial charge in [-0.05, 0) is 46.0 Å². The van der Waals surface area contributed by atoms with Gasteiger partial charge in [0.15, 0.2) is 0 Å². The number of piperidine rings is 1. The molecule has 7 heteroatoms. The lowest BCUT2D eigenvalue weighted by Crippen LogP contribution is -2.51. The van der Waals surface area contributed by atoms with E-state index < -0.39 is 30.1 Å². The number of rotatable bonds is 6. The summed E-state index contributed by atoms with van der Waals surface area (Å²) >= 11 is 0. The van der Waals surface area contributed by atoms with E-state index in [1.54, 1.807) is 20.8 Å². The first-order valence-electron chi connectivity index (χ1n) is 8.10. The van der Waals surface area contributed by atoms with Crippen LogP contribution in [0.5, 0.6) is 0 Å². The largest absolute Gasteiger partial charge is 0.480 e. The fourth-order valence-electron chi connectivity index (χ4n) is 2.81. The van der Waals surface area contributed by atoms with Gasteiger partial charge < -0.3 is 9.84 Å². The fraction of sp³-hybridized carbons (Fsp3) is 0.875. The van der Waals surface area contributed by atoms with Crippen molar-refractivity contribution in [2.24, 2.45) is 5.92 Å². The van der Waals surface area contributed by atoms with Crippen molar-refractivity contribution in [1.82, 2.24) is 4.90 Å². The molecule has 0 spiro atoms. The number of amides is 1. The van der Waals surface area contributed by atoms with Crippen LogP contribution in [0.15, 0.2) is 0 Å². The van der Waals surface area contributed by atoms with E-state index in [1.807, 2.05) is 0 Å². The van der Waals surface area contributed by atoms with Crippen molar-refractivity contribution in [3.63, 3.8) is 0 Å². The number of halogens is 2. The highest BCUT2D eigenvalue weighted by Crippen LogP contribution is 2.29. The molecule has 5 nitrogen and oxygen atoms in total. The molecule has 1 aliphatic heterocycles. The molecule has 0 aromatic carbocycles. The Bertz CT molecular complexity index is 409. The molecule has 1 heterocycles. The van der Waals surface area contributed by atoms with Crippen molar-refractivity contribution in [1.29, 1.82) is 0 Å². The standard InChI is InChI=1S/C16H27F2NO4/c1-16(2,3)23-15(22)19-9-8-11(10-12(19)14(20)21)6-4-5-7-13(17)18/h11-13H,4-10H2,1-3H3,(H,20,21). The van der Waals surface area contributed by atoms with E-state index >= 15 is 0 Å². The number of hydrogen-bond donors (Lipinski definition) is 1. The van der Waals surface area contributed by atoms with Gasteiger partial charge in [0.2, 0.25) is 6.43 Å². The first-order chi connectivity index (χ1) is 10.6. The molecular formula is C16H27F2NO4. The number of aliphatic carboxylic acids is 1. The van der Waals surface area contributed by atoms with Crippen LogP contribution < -0.4 is 0 Å². The maximum absolute atomic E-state index is 12.1. The maximum atomic E-state index is 12.1. The number of carboxylic acids is 1. The number of alkyl halides is 2. The van der Waals surface area contributed by atoms with Gasteiger partial charge in [-0.1, -0.05) is 12.8 Å². The van der Waals surface area contributed by atoms with E-state index in [9.17, 15) is 23.5 Å². The molecule has 0 aromatic rings. The molecule has 2 unspecified atom stereocenters. The lowest BCUT2D eigenvalue weighted by molar-refractivity contribution is -0.145. The van der Waals surface area contributed by atoms with Gasteiger partial charge in [0.1, 0.15) is 11.6 Å². The molecule has 1 aliphatic rings. The second-order valence-corrected chi connectivity index (χ2v) is 7.09. The van der Waals surface area contributed by atoms with Crippen LogP contribution in [0.2, 0.25) is 0 Å². The van der Waals surface area contributed by atoms with Gasteiger partial charge in [-0.25, -0.2) is 18.4 Å². The lowest BCUT2D eigenvalue weighted by Gasteiger charge is -2.37. The van der Waals surface area contributed by atoms with Gasteiger partial charge >= 0.3 is 12.1 Å². The molecule has 0 radical (unpaired) electrons. The topological polar surface area (TPSA) is 66.8 Å². The minimum Gasteiger partial charge on any atom is -0.480 e. The van der Waals surface area contributed by atoms with Gasteiger partial charge in [0.05, 0.1) is 0 Å². The summed E-state index contributed by atoms with van der Waals surface area (Å²) in [5.74, 6) is -0.902. The Kier molecular flexibility index (Phi) is 7.22. The second kappa shape index (κ2) is 8.45. The summed E-state index contributed by atoms with van der Waals surface area (Å²) in [5.41, 5.74) is -0.674. The van der Waals surface area contributed by atoms with Crippen molar-refractivity contribution in [3.05, 3.63) is 0 Å². The van der Waals surface area contributed by atoms with Crippen LogP contribution in [0.25, 0.3) is 0 Å². The fourth-order valence-corrected chi connectivity index (χ4v) is 2.81. The molecule has 1 N–H and O–H groups in total. The molecule has 1 amide bonds. The molecule has 0 bridgehead atoms. The molecule has 23 heavy (non-hydrogen) atoms. The molecule has 1 rings (SSSR count). The smallest absolute Gasteiger partial charge is 0.411 e. The van der Waals surface area contributed by atoms with Gasteiger partial charge in [0, 0.05) is 13.0 Å². The highest BCUT2D eigenvalue weighted by molar-refractivity contribution is 5.80. The van der Waals surface area contributed by atoms with E-state index in [2.05, 4.69) is 0 Å². The minimum atomic E-state index is -2.28. The summed E-state index contributed by atoms with van der Waals surface area (Å²) in [5, 5.41) is 9.37. The van der Waals surface area contributed by atoms with E-state index in [0.29, 0.717) is 32.2 Å². The van der Waals surface area contributed by atoms with Gasteiger partial charge in [0.25, 0.3) is 0 Å². The minimum absolute atomic E-state index is 0.112. The van der Waals surface area contributed by atoms with Crippen LogP contribution in [-0.4, -0.2) is 46.7 Å². The van der Waals surface area contributed by atoms with Crippen molar-refractivity contribution >= 4 is 12.1 Å². The average molecular weight is 335 g/mol. The highest BCUT2D eigenvalue weighted by Gasteiger charge is 2.38. The predicted octanol–water partition coefficient (Wildman–Crippen LogP) is 3.91.